The largest absolute Gasteiger partial charge is 0.342 e. The molecule has 0 radical (unpaired) electrons. The van der Waals surface area contributed by atoms with Crippen molar-refractivity contribution in [2.24, 2.45) is 0 Å². The lowest BCUT2D eigenvalue weighted by Gasteiger charge is -2.26. The number of amides is 4. The van der Waals surface area contributed by atoms with Gasteiger partial charge in [-0.15, -0.1) is 0 Å². The van der Waals surface area contributed by atoms with Gasteiger partial charge in [0.25, 0.3) is 11.8 Å². The number of halogens is 2. The van der Waals surface area contributed by atoms with E-state index in [-0.39, 0.29) is 17.9 Å². The van der Waals surface area contributed by atoms with Gasteiger partial charge in [-0.2, -0.15) is 0 Å². The van der Waals surface area contributed by atoms with Gasteiger partial charge >= 0.3 is 6.03 Å². The number of nitrogens with zero attached hydrogens (tertiary/aromatic N) is 2. The van der Waals surface area contributed by atoms with Gasteiger partial charge in [-0.05, 0) is 42.5 Å². The van der Waals surface area contributed by atoms with Crippen molar-refractivity contribution in [3.8, 4) is 0 Å². The SMILES string of the molecule is O=C1NC(=O)N(c2ccc(Br)cc2)C(=O)/C1=C\c1cn(Cc2ccccc2F)c2ccccc12. The first-order valence-electron chi connectivity index (χ1n) is 10.4. The van der Waals surface area contributed by atoms with Crippen molar-refractivity contribution in [1.82, 2.24) is 9.88 Å². The van der Waals surface area contributed by atoms with Crippen LogP contribution in [0.25, 0.3) is 17.0 Å². The number of aromatic nitrogens is 1. The summed E-state index contributed by atoms with van der Waals surface area (Å²) in [5.41, 5.74) is 2.11. The number of benzene rings is 3. The first kappa shape index (κ1) is 21.8. The summed E-state index contributed by atoms with van der Waals surface area (Å²) in [4.78, 5) is 39.2. The molecule has 0 bridgehead atoms. The van der Waals surface area contributed by atoms with Crippen LogP contribution < -0.4 is 10.2 Å². The highest BCUT2D eigenvalue weighted by Crippen LogP contribution is 2.28. The molecule has 168 valence electrons. The molecule has 0 aliphatic carbocycles. The summed E-state index contributed by atoms with van der Waals surface area (Å²) >= 11 is 3.32. The van der Waals surface area contributed by atoms with Gasteiger partial charge < -0.3 is 4.57 Å². The molecule has 0 atom stereocenters. The number of hydrogen-bond donors (Lipinski definition) is 1. The number of imide groups is 2. The van der Waals surface area contributed by atoms with Gasteiger partial charge in [-0.1, -0.05) is 52.3 Å². The highest BCUT2D eigenvalue weighted by atomic mass is 79.9. The van der Waals surface area contributed by atoms with E-state index in [0.29, 0.717) is 16.8 Å². The highest BCUT2D eigenvalue weighted by molar-refractivity contribution is 9.10. The van der Waals surface area contributed by atoms with Crippen molar-refractivity contribution >= 4 is 56.4 Å². The maximum absolute atomic E-state index is 14.3. The molecule has 4 aromatic rings. The van der Waals surface area contributed by atoms with Crippen molar-refractivity contribution in [3.63, 3.8) is 0 Å². The fourth-order valence-electron chi connectivity index (χ4n) is 3.97. The average Bonchev–Trinajstić information content (AvgIpc) is 3.16. The number of urea groups is 1. The molecule has 0 unspecified atom stereocenters. The van der Waals surface area contributed by atoms with Gasteiger partial charge in [0.1, 0.15) is 11.4 Å². The zero-order valence-corrected chi connectivity index (χ0v) is 19.3. The molecule has 6 nitrogen and oxygen atoms in total. The summed E-state index contributed by atoms with van der Waals surface area (Å²) in [6.45, 7) is 0.278. The lowest BCUT2D eigenvalue weighted by Crippen LogP contribution is -2.54. The Bertz CT molecular complexity index is 1490. The summed E-state index contributed by atoms with van der Waals surface area (Å²) < 4.78 is 16.9. The van der Waals surface area contributed by atoms with E-state index in [4.69, 9.17) is 0 Å². The average molecular weight is 518 g/mol. The monoisotopic (exact) mass is 517 g/mol. The number of rotatable bonds is 4. The first-order chi connectivity index (χ1) is 16.4. The Kier molecular flexibility index (Phi) is 5.59. The van der Waals surface area contributed by atoms with Crippen LogP contribution in [0.2, 0.25) is 0 Å². The Morgan fingerprint density at radius 2 is 1.62 bits per heavy atom. The van der Waals surface area contributed by atoms with Crippen LogP contribution in [0.1, 0.15) is 11.1 Å². The van der Waals surface area contributed by atoms with Gasteiger partial charge in [-0.25, -0.2) is 14.1 Å². The lowest BCUT2D eigenvalue weighted by atomic mass is 10.1. The molecule has 3 aromatic carbocycles. The Labute approximate surface area is 202 Å². The van der Waals surface area contributed by atoms with Gasteiger partial charge in [0, 0.05) is 32.7 Å². The second kappa shape index (κ2) is 8.72. The van der Waals surface area contributed by atoms with Crippen molar-refractivity contribution < 1.29 is 18.8 Å². The number of para-hydroxylation sites is 1. The molecule has 5 rings (SSSR count). The molecule has 8 heteroatoms. The Morgan fingerprint density at radius 3 is 2.38 bits per heavy atom. The highest BCUT2D eigenvalue weighted by Gasteiger charge is 2.37. The lowest BCUT2D eigenvalue weighted by molar-refractivity contribution is -0.122. The van der Waals surface area contributed by atoms with E-state index < -0.39 is 17.8 Å². The zero-order chi connectivity index (χ0) is 23.8. The minimum Gasteiger partial charge on any atom is -0.342 e. The molecule has 0 spiro atoms. The third kappa shape index (κ3) is 3.92. The van der Waals surface area contributed by atoms with Crippen molar-refractivity contribution in [2.75, 3.05) is 4.90 Å². The van der Waals surface area contributed by atoms with Crippen LogP contribution in [0.5, 0.6) is 0 Å². The molecule has 1 aromatic heterocycles. The number of fused-ring (bicyclic) bond motifs is 1. The molecule has 4 amide bonds. The minimum atomic E-state index is -0.809. The van der Waals surface area contributed by atoms with Gasteiger partial charge in [-0.3, -0.25) is 14.9 Å². The molecule has 1 aliphatic heterocycles. The molecule has 1 saturated heterocycles. The maximum Gasteiger partial charge on any atom is 0.335 e. The number of barbiturate groups is 1. The molecule has 1 fully saturated rings. The predicted molar refractivity (Wildman–Crippen MR) is 131 cm³/mol. The van der Waals surface area contributed by atoms with E-state index in [1.54, 1.807) is 48.7 Å². The number of nitrogens with one attached hydrogen (secondary N) is 1. The molecular formula is C26H17BrFN3O3. The first-order valence-corrected chi connectivity index (χ1v) is 11.2. The van der Waals surface area contributed by atoms with E-state index >= 15 is 0 Å². The molecule has 1 N–H and O–H groups in total. The molecule has 1 aliphatic rings. The third-order valence-electron chi connectivity index (χ3n) is 5.60. The van der Waals surface area contributed by atoms with Crippen LogP contribution in [0, 0.1) is 5.82 Å². The van der Waals surface area contributed by atoms with Crippen molar-refractivity contribution in [1.29, 1.82) is 0 Å². The van der Waals surface area contributed by atoms with Crippen LogP contribution in [0.3, 0.4) is 0 Å². The van der Waals surface area contributed by atoms with Crippen LogP contribution >= 0.6 is 15.9 Å². The number of carbonyl (C=O) groups excluding carboxylic acids is 3. The quantitative estimate of drug-likeness (QED) is 0.296. The second-order valence-electron chi connectivity index (χ2n) is 7.76. The fraction of sp³-hybridized carbons (Fsp3) is 0.0385. The molecule has 34 heavy (non-hydrogen) atoms. The summed E-state index contributed by atoms with van der Waals surface area (Å²) in [5.74, 6) is -1.80. The van der Waals surface area contributed by atoms with Crippen LogP contribution in [0.15, 0.2) is 89.0 Å². The van der Waals surface area contributed by atoms with Crippen LogP contribution in [-0.2, 0) is 16.1 Å². The Balaban J connectivity index is 1.57. The van der Waals surface area contributed by atoms with E-state index in [1.807, 2.05) is 28.8 Å². The van der Waals surface area contributed by atoms with Gasteiger partial charge in [0.05, 0.1) is 12.2 Å². The zero-order valence-electron chi connectivity index (χ0n) is 17.7. The minimum absolute atomic E-state index is 0.170. The summed E-state index contributed by atoms with van der Waals surface area (Å²) in [7, 11) is 0. The van der Waals surface area contributed by atoms with E-state index in [9.17, 15) is 18.8 Å². The predicted octanol–water partition coefficient (Wildman–Crippen LogP) is 5.26. The fourth-order valence-corrected chi connectivity index (χ4v) is 4.23. The smallest absolute Gasteiger partial charge is 0.335 e. The van der Waals surface area contributed by atoms with Crippen LogP contribution in [-0.4, -0.2) is 22.4 Å². The van der Waals surface area contributed by atoms with Gasteiger partial charge in [0.15, 0.2) is 0 Å². The normalized spacial score (nSPS) is 15.3. The molecule has 2 heterocycles. The number of anilines is 1. The van der Waals surface area contributed by atoms with E-state index in [0.717, 1.165) is 20.3 Å². The summed E-state index contributed by atoms with van der Waals surface area (Å²) in [6, 6.07) is 19.8. The van der Waals surface area contributed by atoms with E-state index in [1.165, 1.54) is 12.1 Å². The standard InChI is InChI=1S/C26H17BrFN3O3/c27-18-9-11-19(12-10-18)31-25(33)21(24(32)29-26(31)34)13-17-15-30(23-8-4-2-6-20(17)23)14-16-5-1-3-7-22(16)28/h1-13,15H,14H2,(H,29,32,34)/b21-13-. The van der Waals surface area contributed by atoms with Crippen molar-refractivity contribution in [3.05, 3.63) is 106 Å². The number of hydrogen-bond acceptors (Lipinski definition) is 3. The van der Waals surface area contributed by atoms with E-state index in [2.05, 4.69) is 21.2 Å². The molecular weight excluding hydrogens is 501 g/mol. The van der Waals surface area contributed by atoms with Gasteiger partial charge in [0.2, 0.25) is 0 Å². The summed E-state index contributed by atoms with van der Waals surface area (Å²) in [6.07, 6.45) is 3.24. The molecule has 0 saturated carbocycles. The van der Waals surface area contributed by atoms with Crippen molar-refractivity contribution in [2.45, 2.75) is 6.54 Å². The van der Waals surface area contributed by atoms with Crippen LogP contribution in [0.4, 0.5) is 14.9 Å². The number of carbonyl (C=O) groups is 3. The Morgan fingerprint density at radius 1 is 0.912 bits per heavy atom. The second-order valence-corrected chi connectivity index (χ2v) is 8.67. The Hall–Kier alpha value is -4.04. The third-order valence-corrected chi connectivity index (χ3v) is 6.13. The summed E-state index contributed by atoms with van der Waals surface area (Å²) in [5, 5.41) is 3.03. The maximum atomic E-state index is 14.3. The topological polar surface area (TPSA) is 71.4 Å².